The summed E-state index contributed by atoms with van der Waals surface area (Å²) in [4.78, 5) is 0. The summed E-state index contributed by atoms with van der Waals surface area (Å²) >= 11 is 3.56. The highest BCUT2D eigenvalue weighted by atomic mass is 79.9. The minimum atomic E-state index is 0.789. The summed E-state index contributed by atoms with van der Waals surface area (Å²) in [6, 6.07) is 6.24. The van der Waals surface area contributed by atoms with Crippen LogP contribution in [0.15, 0.2) is 39.6 Å². The third-order valence-electron chi connectivity index (χ3n) is 2.51. The van der Waals surface area contributed by atoms with Crippen molar-refractivity contribution in [3.63, 3.8) is 0 Å². The van der Waals surface area contributed by atoms with Crippen molar-refractivity contribution in [3.8, 4) is 0 Å². The van der Waals surface area contributed by atoms with Gasteiger partial charge in [-0.3, -0.25) is 0 Å². The van der Waals surface area contributed by atoms with Crippen LogP contribution in [-0.4, -0.2) is 0 Å². The van der Waals surface area contributed by atoms with Crippen LogP contribution in [0, 0.1) is 13.8 Å². The summed E-state index contributed by atoms with van der Waals surface area (Å²) in [5.41, 5.74) is 4.78. The number of furan rings is 1. The number of nitrogens with one attached hydrogen (secondary N) is 1. The number of anilines is 1. The van der Waals surface area contributed by atoms with Gasteiger partial charge in [0, 0.05) is 22.3 Å². The minimum Gasteiger partial charge on any atom is -0.472 e. The van der Waals surface area contributed by atoms with Crippen LogP contribution in [0.2, 0.25) is 0 Å². The molecule has 0 aliphatic rings. The van der Waals surface area contributed by atoms with E-state index in [1.54, 1.807) is 12.5 Å². The zero-order valence-electron chi connectivity index (χ0n) is 9.38. The van der Waals surface area contributed by atoms with E-state index in [0.717, 1.165) is 17.8 Å². The Balaban J connectivity index is 2.10. The van der Waals surface area contributed by atoms with Gasteiger partial charge in [0.1, 0.15) is 0 Å². The SMILES string of the molecule is Cc1cc(NCc2ccoc2)cc(C)c1Br. The number of aryl methyl sites for hydroxylation is 2. The van der Waals surface area contributed by atoms with Gasteiger partial charge in [0.05, 0.1) is 12.5 Å². The van der Waals surface area contributed by atoms with E-state index in [4.69, 9.17) is 4.42 Å². The fourth-order valence-electron chi connectivity index (χ4n) is 1.65. The van der Waals surface area contributed by atoms with Gasteiger partial charge in [-0.25, -0.2) is 0 Å². The van der Waals surface area contributed by atoms with Crippen LogP contribution >= 0.6 is 15.9 Å². The molecule has 0 radical (unpaired) electrons. The van der Waals surface area contributed by atoms with E-state index >= 15 is 0 Å². The highest BCUT2D eigenvalue weighted by Crippen LogP contribution is 2.25. The van der Waals surface area contributed by atoms with E-state index in [9.17, 15) is 0 Å². The summed E-state index contributed by atoms with van der Waals surface area (Å²) in [5.74, 6) is 0. The molecule has 1 heterocycles. The molecule has 1 aromatic carbocycles. The molecule has 3 heteroatoms. The van der Waals surface area contributed by atoms with Crippen molar-refractivity contribution in [1.29, 1.82) is 0 Å². The highest BCUT2D eigenvalue weighted by Gasteiger charge is 2.02. The third kappa shape index (κ3) is 2.47. The highest BCUT2D eigenvalue weighted by molar-refractivity contribution is 9.10. The molecule has 0 aliphatic heterocycles. The normalized spacial score (nSPS) is 10.4. The summed E-state index contributed by atoms with van der Waals surface area (Å²) in [5, 5.41) is 3.38. The molecular formula is C13H14BrNO. The van der Waals surface area contributed by atoms with Crippen molar-refractivity contribution < 1.29 is 4.42 Å². The third-order valence-corrected chi connectivity index (χ3v) is 3.76. The Kier molecular flexibility index (Phi) is 3.34. The number of hydrogen-bond donors (Lipinski definition) is 1. The molecule has 1 aromatic heterocycles. The molecule has 2 nitrogen and oxygen atoms in total. The molecule has 1 N–H and O–H groups in total. The van der Waals surface area contributed by atoms with E-state index in [1.807, 2.05) is 6.07 Å². The zero-order chi connectivity index (χ0) is 11.5. The maximum atomic E-state index is 5.02. The lowest BCUT2D eigenvalue weighted by Gasteiger charge is -2.09. The molecule has 84 valence electrons. The quantitative estimate of drug-likeness (QED) is 0.908. The van der Waals surface area contributed by atoms with Gasteiger partial charge in [-0.2, -0.15) is 0 Å². The maximum Gasteiger partial charge on any atom is 0.0952 e. The van der Waals surface area contributed by atoms with E-state index in [0.29, 0.717) is 0 Å². The van der Waals surface area contributed by atoms with Crippen molar-refractivity contribution in [2.24, 2.45) is 0 Å². The van der Waals surface area contributed by atoms with Crippen molar-refractivity contribution in [2.75, 3.05) is 5.32 Å². The molecule has 0 saturated carbocycles. The first-order valence-corrected chi connectivity index (χ1v) is 5.98. The fourth-order valence-corrected chi connectivity index (χ4v) is 1.87. The zero-order valence-corrected chi connectivity index (χ0v) is 11.0. The lowest BCUT2D eigenvalue weighted by atomic mass is 10.1. The molecule has 0 fully saturated rings. The standard InChI is InChI=1S/C13H14BrNO/c1-9-5-12(6-10(2)13(9)14)15-7-11-3-4-16-8-11/h3-6,8,15H,7H2,1-2H3. The largest absolute Gasteiger partial charge is 0.472 e. The topological polar surface area (TPSA) is 25.2 Å². The van der Waals surface area contributed by atoms with Gasteiger partial charge in [0.15, 0.2) is 0 Å². The second kappa shape index (κ2) is 4.74. The Bertz CT molecular complexity index is 454. The van der Waals surface area contributed by atoms with Gasteiger partial charge >= 0.3 is 0 Å². The van der Waals surface area contributed by atoms with Crippen LogP contribution in [0.4, 0.5) is 5.69 Å². The first kappa shape index (κ1) is 11.3. The number of halogens is 1. The van der Waals surface area contributed by atoms with E-state index in [2.05, 4.69) is 47.2 Å². The number of rotatable bonds is 3. The number of hydrogen-bond acceptors (Lipinski definition) is 2. The average Bonchev–Trinajstić information content (AvgIpc) is 2.75. The summed E-state index contributed by atoms with van der Waals surface area (Å²) in [6.45, 7) is 4.98. The molecule has 16 heavy (non-hydrogen) atoms. The monoisotopic (exact) mass is 279 g/mol. The van der Waals surface area contributed by atoms with E-state index < -0.39 is 0 Å². The maximum absolute atomic E-state index is 5.02. The summed E-state index contributed by atoms with van der Waals surface area (Å²) < 4.78 is 6.20. The molecule has 2 rings (SSSR count). The molecule has 0 atom stereocenters. The molecular weight excluding hydrogens is 266 g/mol. The van der Waals surface area contributed by atoms with Gasteiger partial charge in [-0.05, 0) is 43.2 Å². The van der Waals surface area contributed by atoms with Gasteiger partial charge in [-0.1, -0.05) is 15.9 Å². The number of benzene rings is 1. The van der Waals surface area contributed by atoms with Crippen molar-refractivity contribution >= 4 is 21.6 Å². The molecule has 0 saturated heterocycles. The Morgan fingerprint density at radius 1 is 1.25 bits per heavy atom. The second-order valence-corrected chi connectivity index (χ2v) is 4.70. The predicted molar refractivity (Wildman–Crippen MR) is 69.7 cm³/mol. The first-order valence-electron chi connectivity index (χ1n) is 5.18. The molecule has 0 amide bonds. The molecule has 2 aromatic rings. The van der Waals surface area contributed by atoms with Crippen molar-refractivity contribution in [1.82, 2.24) is 0 Å². The van der Waals surface area contributed by atoms with Gasteiger partial charge in [0.2, 0.25) is 0 Å². The van der Waals surface area contributed by atoms with Gasteiger partial charge in [0.25, 0.3) is 0 Å². The first-order chi connectivity index (χ1) is 7.66. The van der Waals surface area contributed by atoms with Gasteiger partial charge in [-0.15, -0.1) is 0 Å². The van der Waals surface area contributed by atoms with E-state index in [1.165, 1.54) is 15.6 Å². The average molecular weight is 280 g/mol. The van der Waals surface area contributed by atoms with Crippen LogP contribution in [0.1, 0.15) is 16.7 Å². The molecule has 0 spiro atoms. The van der Waals surface area contributed by atoms with Crippen molar-refractivity contribution in [3.05, 3.63) is 51.9 Å². The molecule has 0 unspecified atom stereocenters. The van der Waals surface area contributed by atoms with Crippen LogP contribution in [0.5, 0.6) is 0 Å². The van der Waals surface area contributed by atoms with Gasteiger partial charge < -0.3 is 9.73 Å². The lowest BCUT2D eigenvalue weighted by molar-refractivity contribution is 0.564. The molecule has 0 bridgehead atoms. The van der Waals surface area contributed by atoms with Crippen LogP contribution in [0.25, 0.3) is 0 Å². The Morgan fingerprint density at radius 2 is 1.94 bits per heavy atom. The van der Waals surface area contributed by atoms with E-state index in [-0.39, 0.29) is 0 Å². The Labute approximate surface area is 104 Å². The lowest BCUT2D eigenvalue weighted by Crippen LogP contribution is -1.99. The Morgan fingerprint density at radius 3 is 2.50 bits per heavy atom. The predicted octanol–water partition coefficient (Wildman–Crippen LogP) is 4.27. The minimum absolute atomic E-state index is 0.789. The van der Waals surface area contributed by atoms with Crippen molar-refractivity contribution in [2.45, 2.75) is 20.4 Å². The van der Waals surface area contributed by atoms with Crippen LogP contribution in [-0.2, 0) is 6.54 Å². The second-order valence-electron chi connectivity index (χ2n) is 3.91. The van der Waals surface area contributed by atoms with Crippen LogP contribution < -0.4 is 5.32 Å². The molecule has 0 aliphatic carbocycles. The summed E-state index contributed by atoms with van der Waals surface area (Å²) in [6.07, 6.45) is 3.45. The van der Waals surface area contributed by atoms with Crippen LogP contribution in [0.3, 0.4) is 0 Å². The fraction of sp³-hybridized carbons (Fsp3) is 0.231. The summed E-state index contributed by atoms with van der Waals surface area (Å²) in [7, 11) is 0. The smallest absolute Gasteiger partial charge is 0.0952 e. The Hall–Kier alpha value is -1.22.